The molecular formula is C21H20N6O2. The number of rotatable bonds is 4. The van der Waals surface area contributed by atoms with Crippen molar-refractivity contribution in [2.45, 2.75) is 12.5 Å². The summed E-state index contributed by atoms with van der Waals surface area (Å²) in [5, 5.41) is 15.1. The fourth-order valence-electron chi connectivity index (χ4n) is 3.73. The van der Waals surface area contributed by atoms with Crippen LogP contribution in [0.25, 0.3) is 22.2 Å². The highest BCUT2D eigenvalue weighted by Crippen LogP contribution is 2.33. The number of nitrogens with two attached hydrogens (primary N) is 1. The lowest BCUT2D eigenvalue weighted by atomic mass is 10.1. The topological polar surface area (TPSA) is 111 Å². The van der Waals surface area contributed by atoms with E-state index in [1.54, 1.807) is 4.68 Å². The first-order valence-corrected chi connectivity index (χ1v) is 9.51. The van der Waals surface area contributed by atoms with Crippen LogP contribution in [0.4, 0.5) is 5.82 Å². The van der Waals surface area contributed by atoms with Crippen molar-refractivity contribution in [1.29, 1.82) is 0 Å². The van der Waals surface area contributed by atoms with E-state index in [0.717, 1.165) is 30.8 Å². The van der Waals surface area contributed by atoms with Gasteiger partial charge >= 0.3 is 0 Å². The lowest BCUT2D eigenvalue weighted by Gasteiger charge is -2.09. The van der Waals surface area contributed by atoms with Gasteiger partial charge in [0.2, 0.25) is 0 Å². The Morgan fingerprint density at radius 3 is 2.55 bits per heavy atom. The van der Waals surface area contributed by atoms with Gasteiger partial charge in [0.25, 0.3) is 5.56 Å². The number of aromatic nitrogens is 4. The zero-order valence-corrected chi connectivity index (χ0v) is 15.6. The first-order chi connectivity index (χ1) is 14.2. The first-order valence-electron chi connectivity index (χ1n) is 9.51. The molecule has 1 atom stereocenters. The molecule has 8 nitrogen and oxygen atoms in total. The second kappa shape index (κ2) is 7.06. The summed E-state index contributed by atoms with van der Waals surface area (Å²) in [7, 11) is 0. The van der Waals surface area contributed by atoms with Gasteiger partial charge in [-0.25, -0.2) is 5.10 Å². The van der Waals surface area contributed by atoms with Gasteiger partial charge in [0.1, 0.15) is 22.7 Å². The standard InChI is InChI=1S/C21H20N6O2/c22-20-17-18(13-6-8-16(9-7-13)29-15-4-2-1-3-5-15)26-27(14-10-11-23-12-14)19(17)21(28)25-24-20/h1-9,14,23H,10-12H2,(H2,22,24)(H,25,28)/t14-/m1/s1. The Morgan fingerprint density at radius 2 is 1.83 bits per heavy atom. The van der Waals surface area contributed by atoms with Gasteiger partial charge in [0.15, 0.2) is 5.82 Å². The SMILES string of the molecule is Nc1n[nH]c(=O)c2c1c(-c1ccc(Oc3ccccc3)cc1)nn2[C@@H]1CCNC1. The fourth-order valence-corrected chi connectivity index (χ4v) is 3.73. The molecular weight excluding hydrogens is 368 g/mol. The van der Waals surface area contributed by atoms with Gasteiger partial charge < -0.3 is 15.8 Å². The van der Waals surface area contributed by atoms with Gasteiger partial charge in [0, 0.05) is 12.1 Å². The van der Waals surface area contributed by atoms with Crippen molar-refractivity contribution < 1.29 is 4.74 Å². The largest absolute Gasteiger partial charge is 0.457 e. The molecule has 5 rings (SSSR count). The number of anilines is 1. The Balaban J connectivity index is 1.58. The third kappa shape index (κ3) is 3.13. The van der Waals surface area contributed by atoms with Gasteiger partial charge in [-0.3, -0.25) is 9.48 Å². The molecule has 8 heteroatoms. The third-order valence-corrected chi connectivity index (χ3v) is 5.15. The number of nitrogens with one attached hydrogen (secondary N) is 2. The second-order valence-electron chi connectivity index (χ2n) is 7.04. The van der Waals surface area contributed by atoms with E-state index in [4.69, 9.17) is 15.6 Å². The summed E-state index contributed by atoms with van der Waals surface area (Å²) in [5.41, 5.74) is 7.80. The minimum Gasteiger partial charge on any atom is -0.457 e. The van der Waals surface area contributed by atoms with Crippen LogP contribution < -0.4 is 21.3 Å². The Bertz CT molecular complexity index is 1210. The molecule has 0 spiro atoms. The molecule has 2 aromatic heterocycles. The molecule has 0 unspecified atom stereocenters. The van der Waals surface area contributed by atoms with E-state index < -0.39 is 0 Å². The number of fused-ring (bicyclic) bond motifs is 1. The average Bonchev–Trinajstić information content (AvgIpc) is 3.41. The number of H-pyrrole nitrogens is 1. The molecule has 0 saturated carbocycles. The normalized spacial score (nSPS) is 16.3. The molecule has 3 heterocycles. The van der Waals surface area contributed by atoms with Gasteiger partial charge in [-0.1, -0.05) is 18.2 Å². The minimum atomic E-state index is -0.288. The Hall–Kier alpha value is -3.65. The Labute approximate surface area is 166 Å². The van der Waals surface area contributed by atoms with E-state index in [1.807, 2.05) is 54.6 Å². The molecule has 0 aliphatic carbocycles. The molecule has 1 aliphatic heterocycles. The van der Waals surface area contributed by atoms with Gasteiger partial charge in [0.05, 0.1) is 11.4 Å². The number of benzene rings is 2. The van der Waals surface area contributed by atoms with Crippen molar-refractivity contribution in [3.63, 3.8) is 0 Å². The molecule has 0 amide bonds. The van der Waals surface area contributed by atoms with Crippen LogP contribution in [0.1, 0.15) is 12.5 Å². The highest BCUT2D eigenvalue weighted by molar-refractivity contribution is 5.99. The molecule has 0 bridgehead atoms. The van der Waals surface area contributed by atoms with E-state index in [1.165, 1.54) is 0 Å². The highest BCUT2D eigenvalue weighted by Gasteiger charge is 2.25. The summed E-state index contributed by atoms with van der Waals surface area (Å²) in [6, 6.07) is 17.3. The van der Waals surface area contributed by atoms with E-state index in [-0.39, 0.29) is 17.4 Å². The average molecular weight is 388 g/mol. The Morgan fingerprint density at radius 1 is 1.07 bits per heavy atom. The fraction of sp³-hybridized carbons (Fsp3) is 0.190. The van der Waals surface area contributed by atoms with Crippen molar-refractivity contribution in [1.82, 2.24) is 25.3 Å². The summed E-state index contributed by atoms with van der Waals surface area (Å²) < 4.78 is 7.65. The monoisotopic (exact) mass is 388 g/mol. The van der Waals surface area contributed by atoms with Crippen LogP contribution in [0.5, 0.6) is 11.5 Å². The van der Waals surface area contributed by atoms with Crippen LogP contribution in [0.3, 0.4) is 0 Å². The van der Waals surface area contributed by atoms with E-state index in [0.29, 0.717) is 22.3 Å². The van der Waals surface area contributed by atoms with Crippen LogP contribution in [0.15, 0.2) is 59.4 Å². The number of nitrogen functional groups attached to an aromatic ring is 1. The number of para-hydroxylation sites is 1. The first kappa shape index (κ1) is 17.4. The minimum absolute atomic E-state index is 0.106. The molecule has 2 aromatic carbocycles. The predicted molar refractivity (Wildman–Crippen MR) is 111 cm³/mol. The molecule has 4 aromatic rings. The third-order valence-electron chi connectivity index (χ3n) is 5.15. The number of aromatic amines is 1. The molecule has 1 saturated heterocycles. The predicted octanol–water partition coefficient (Wildman–Crippen LogP) is 2.70. The maximum atomic E-state index is 12.5. The van der Waals surface area contributed by atoms with Crippen LogP contribution in [0.2, 0.25) is 0 Å². The summed E-state index contributed by atoms with van der Waals surface area (Å²) in [6.45, 7) is 1.66. The number of nitrogens with zero attached hydrogens (tertiary/aromatic N) is 3. The number of hydrogen-bond donors (Lipinski definition) is 3. The van der Waals surface area contributed by atoms with Crippen molar-refractivity contribution in [2.75, 3.05) is 18.8 Å². The maximum Gasteiger partial charge on any atom is 0.290 e. The van der Waals surface area contributed by atoms with Crippen molar-refractivity contribution in [3.05, 3.63) is 65.0 Å². The van der Waals surface area contributed by atoms with Crippen LogP contribution in [-0.4, -0.2) is 33.1 Å². The maximum absolute atomic E-state index is 12.5. The highest BCUT2D eigenvalue weighted by atomic mass is 16.5. The second-order valence-corrected chi connectivity index (χ2v) is 7.04. The molecule has 1 aliphatic rings. The molecule has 29 heavy (non-hydrogen) atoms. The van der Waals surface area contributed by atoms with Crippen molar-refractivity contribution in [3.8, 4) is 22.8 Å². The molecule has 0 radical (unpaired) electrons. The quantitative estimate of drug-likeness (QED) is 0.496. The number of ether oxygens (including phenoxy) is 1. The molecule has 1 fully saturated rings. The zero-order valence-electron chi connectivity index (χ0n) is 15.6. The van der Waals surface area contributed by atoms with Crippen molar-refractivity contribution in [2.24, 2.45) is 0 Å². The summed E-state index contributed by atoms with van der Waals surface area (Å²) in [4.78, 5) is 12.5. The molecule has 4 N–H and O–H groups in total. The lowest BCUT2D eigenvalue weighted by Crippen LogP contribution is -2.19. The van der Waals surface area contributed by atoms with Gasteiger partial charge in [-0.15, -0.1) is 0 Å². The van der Waals surface area contributed by atoms with Crippen LogP contribution in [0, 0.1) is 0 Å². The summed E-state index contributed by atoms with van der Waals surface area (Å²) >= 11 is 0. The van der Waals surface area contributed by atoms with Crippen LogP contribution in [-0.2, 0) is 0 Å². The summed E-state index contributed by atoms with van der Waals surface area (Å²) in [6.07, 6.45) is 0.905. The Kier molecular flexibility index (Phi) is 4.25. The molecule has 146 valence electrons. The van der Waals surface area contributed by atoms with Crippen molar-refractivity contribution >= 4 is 16.7 Å². The lowest BCUT2D eigenvalue weighted by molar-refractivity contribution is 0.482. The van der Waals surface area contributed by atoms with E-state index in [9.17, 15) is 4.79 Å². The van der Waals surface area contributed by atoms with E-state index >= 15 is 0 Å². The number of hydrogen-bond acceptors (Lipinski definition) is 6. The zero-order chi connectivity index (χ0) is 19.8. The summed E-state index contributed by atoms with van der Waals surface area (Å²) in [5.74, 6) is 1.74. The smallest absolute Gasteiger partial charge is 0.290 e. The van der Waals surface area contributed by atoms with Crippen LogP contribution >= 0.6 is 0 Å². The van der Waals surface area contributed by atoms with E-state index in [2.05, 4.69) is 15.5 Å². The van der Waals surface area contributed by atoms with Gasteiger partial charge in [-0.05, 0) is 49.4 Å². The van der Waals surface area contributed by atoms with Gasteiger partial charge in [-0.2, -0.15) is 10.2 Å².